The molecule has 3 aromatic carbocycles. The van der Waals surface area contributed by atoms with Crippen LogP contribution in [0.5, 0.6) is 11.5 Å². The molecule has 29 heavy (non-hydrogen) atoms. The van der Waals surface area contributed by atoms with Gasteiger partial charge in [0.05, 0.1) is 22.7 Å². The minimum Gasteiger partial charge on any atom is -0.455 e. The fourth-order valence-corrected chi connectivity index (χ4v) is 3.67. The summed E-state index contributed by atoms with van der Waals surface area (Å²) in [6.45, 7) is -0.431. The van der Waals surface area contributed by atoms with Crippen LogP contribution in [0.2, 0.25) is 5.02 Å². The lowest BCUT2D eigenvalue weighted by Gasteiger charge is -2.24. The molecule has 0 bridgehead atoms. The Morgan fingerprint density at radius 3 is 2.28 bits per heavy atom. The number of para-hydroxylation sites is 4. The van der Waals surface area contributed by atoms with Crippen molar-refractivity contribution in [3.05, 3.63) is 83.9 Å². The number of carbonyl (C=O) groups is 1. The predicted octanol–water partition coefficient (Wildman–Crippen LogP) is 4.54. The molecule has 0 unspecified atom stereocenters. The third-order valence-electron chi connectivity index (χ3n) is 3.94. The van der Waals surface area contributed by atoms with Crippen LogP contribution in [0.4, 0.5) is 11.4 Å². The lowest BCUT2D eigenvalue weighted by Crippen LogP contribution is -2.37. The van der Waals surface area contributed by atoms with E-state index < -0.39 is 22.5 Å². The number of ether oxygens (including phenoxy) is 1. The Hall–Kier alpha value is -3.03. The van der Waals surface area contributed by atoms with Gasteiger partial charge in [-0.15, -0.1) is 0 Å². The molecule has 1 N–H and O–H groups in total. The number of hydrogen-bond donors (Lipinski definition) is 1. The molecule has 3 rings (SSSR count). The monoisotopic (exact) mass is 430 g/mol. The van der Waals surface area contributed by atoms with Gasteiger partial charge < -0.3 is 10.1 Å². The Morgan fingerprint density at radius 2 is 1.59 bits per heavy atom. The molecule has 0 aromatic heterocycles. The van der Waals surface area contributed by atoms with Crippen LogP contribution in [-0.4, -0.2) is 27.1 Å². The molecule has 0 saturated carbocycles. The smallest absolute Gasteiger partial charge is 0.245 e. The van der Waals surface area contributed by atoms with Crippen molar-refractivity contribution < 1.29 is 17.9 Å². The molecule has 0 aliphatic carbocycles. The van der Waals surface area contributed by atoms with E-state index in [0.717, 1.165) is 10.6 Å². The van der Waals surface area contributed by atoms with Crippen LogP contribution in [0.3, 0.4) is 0 Å². The van der Waals surface area contributed by atoms with Gasteiger partial charge in [0.15, 0.2) is 5.75 Å². The lowest BCUT2D eigenvalue weighted by molar-refractivity contribution is -0.114. The van der Waals surface area contributed by atoms with Crippen LogP contribution in [0.1, 0.15) is 0 Å². The second-order valence-corrected chi connectivity index (χ2v) is 8.49. The Labute approximate surface area is 174 Å². The van der Waals surface area contributed by atoms with Gasteiger partial charge in [-0.3, -0.25) is 9.10 Å². The summed E-state index contributed by atoms with van der Waals surface area (Å²) in [5, 5.41) is 2.99. The zero-order valence-corrected chi connectivity index (χ0v) is 17.2. The number of amides is 1. The van der Waals surface area contributed by atoms with Crippen molar-refractivity contribution in [1.82, 2.24) is 0 Å². The van der Waals surface area contributed by atoms with E-state index in [1.165, 1.54) is 0 Å². The average molecular weight is 431 g/mol. The van der Waals surface area contributed by atoms with E-state index in [2.05, 4.69) is 5.32 Å². The second-order valence-electron chi connectivity index (χ2n) is 6.18. The first-order valence-corrected chi connectivity index (χ1v) is 10.9. The topological polar surface area (TPSA) is 75.7 Å². The highest BCUT2D eigenvalue weighted by Crippen LogP contribution is 2.33. The van der Waals surface area contributed by atoms with Crippen LogP contribution in [-0.2, 0) is 14.8 Å². The molecule has 6 nitrogen and oxygen atoms in total. The van der Waals surface area contributed by atoms with Crippen LogP contribution < -0.4 is 14.4 Å². The number of rotatable bonds is 7. The molecular formula is C21H19ClN2O4S. The summed E-state index contributed by atoms with van der Waals surface area (Å²) in [6.07, 6.45) is 1.04. The Kier molecular flexibility index (Phi) is 6.41. The summed E-state index contributed by atoms with van der Waals surface area (Å²) in [6, 6.07) is 22.3. The van der Waals surface area contributed by atoms with E-state index in [1.807, 2.05) is 18.2 Å². The number of sulfonamides is 1. The van der Waals surface area contributed by atoms with Crippen molar-refractivity contribution >= 4 is 38.9 Å². The summed E-state index contributed by atoms with van der Waals surface area (Å²) in [5.41, 5.74) is 0.662. The summed E-state index contributed by atoms with van der Waals surface area (Å²) < 4.78 is 31.8. The van der Waals surface area contributed by atoms with Crippen LogP contribution in [0, 0.1) is 0 Å². The van der Waals surface area contributed by atoms with E-state index in [4.69, 9.17) is 16.3 Å². The van der Waals surface area contributed by atoms with Crippen LogP contribution in [0.15, 0.2) is 78.9 Å². The van der Waals surface area contributed by atoms with Gasteiger partial charge in [0, 0.05) is 0 Å². The van der Waals surface area contributed by atoms with Gasteiger partial charge in [-0.25, -0.2) is 8.42 Å². The predicted molar refractivity (Wildman–Crippen MR) is 115 cm³/mol. The zero-order valence-electron chi connectivity index (χ0n) is 15.6. The maximum Gasteiger partial charge on any atom is 0.245 e. The summed E-state index contributed by atoms with van der Waals surface area (Å²) in [4.78, 5) is 12.5. The van der Waals surface area contributed by atoms with Crippen molar-refractivity contribution in [2.24, 2.45) is 0 Å². The Balaban J connectivity index is 1.88. The number of nitrogens with zero attached hydrogens (tertiary/aromatic N) is 1. The minimum atomic E-state index is -3.77. The van der Waals surface area contributed by atoms with Gasteiger partial charge in [-0.1, -0.05) is 54.1 Å². The summed E-state index contributed by atoms with van der Waals surface area (Å²) >= 11 is 6.06. The highest BCUT2D eigenvalue weighted by Gasteiger charge is 2.24. The molecule has 8 heteroatoms. The number of halogens is 1. The molecule has 1 amide bonds. The van der Waals surface area contributed by atoms with Gasteiger partial charge in [0.2, 0.25) is 15.9 Å². The fourth-order valence-electron chi connectivity index (χ4n) is 2.63. The molecule has 150 valence electrons. The first-order valence-electron chi connectivity index (χ1n) is 8.68. The molecule has 0 spiro atoms. The number of nitrogens with one attached hydrogen (secondary N) is 1. The van der Waals surface area contributed by atoms with Crippen LogP contribution in [0.25, 0.3) is 0 Å². The minimum absolute atomic E-state index is 0.258. The van der Waals surface area contributed by atoms with E-state index in [1.54, 1.807) is 60.7 Å². The lowest BCUT2D eigenvalue weighted by atomic mass is 10.2. The van der Waals surface area contributed by atoms with Gasteiger partial charge in [0.1, 0.15) is 12.3 Å². The standard InChI is InChI=1S/C21H19ClN2O4S/c1-29(26,27)24(15-21(25)23-18-12-6-5-11-17(18)22)19-13-7-8-14-20(19)28-16-9-3-2-4-10-16/h2-14H,15H2,1H3,(H,23,25). The highest BCUT2D eigenvalue weighted by atomic mass is 35.5. The van der Waals surface area contributed by atoms with Crippen molar-refractivity contribution in [2.45, 2.75) is 0 Å². The second kappa shape index (κ2) is 8.98. The Morgan fingerprint density at radius 1 is 0.966 bits per heavy atom. The van der Waals surface area contributed by atoms with Gasteiger partial charge in [0.25, 0.3) is 0 Å². The maximum atomic E-state index is 12.5. The third-order valence-corrected chi connectivity index (χ3v) is 5.40. The number of anilines is 2. The molecule has 0 aliphatic rings. The first-order chi connectivity index (χ1) is 13.8. The van der Waals surface area contributed by atoms with Crippen molar-refractivity contribution in [2.75, 3.05) is 22.4 Å². The SMILES string of the molecule is CS(=O)(=O)N(CC(=O)Nc1ccccc1Cl)c1ccccc1Oc1ccccc1. The fraction of sp³-hybridized carbons (Fsp3) is 0.0952. The average Bonchev–Trinajstić information content (AvgIpc) is 2.69. The maximum absolute atomic E-state index is 12.5. The van der Waals surface area contributed by atoms with Gasteiger partial charge in [-0.05, 0) is 36.4 Å². The van der Waals surface area contributed by atoms with Crippen molar-refractivity contribution in [1.29, 1.82) is 0 Å². The van der Waals surface area contributed by atoms with Gasteiger partial charge >= 0.3 is 0 Å². The first kappa shape index (κ1) is 20.7. The molecule has 0 heterocycles. The molecule has 0 fully saturated rings. The largest absolute Gasteiger partial charge is 0.455 e. The van der Waals surface area contributed by atoms with E-state index in [-0.39, 0.29) is 5.69 Å². The van der Waals surface area contributed by atoms with Gasteiger partial charge in [-0.2, -0.15) is 0 Å². The molecule has 0 atom stereocenters. The molecule has 0 saturated heterocycles. The normalized spacial score (nSPS) is 11.0. The zero-order chi connectivity index (χ0) is 20.9. The molecule has 3 aromatic rings. The van der Waals surface area contributed by atoms with E-state index in [9.17, 15) is 13.2 Å². The molecule has 0 radical (unpaired) electrons. The van der Waals surface area contributed by atoms with E-state index in [0.29, 0.717) is 22.2 Å². The third kappa shape index (κ3) is 5.49. The van der Waals surface area contributed by atoms with Crippen molar-refractivity contribution in [3.63, 3.8) is 0 Å². The summed E-state index contributed by atoms with van der Waals surface area (Å²) in [5.74, 6) is 0.335. The van der Waals surface area contributed by atoms with Crippen molar-refractivity contribution in [3.8, 4) is 11.5 Å². The Bertz CT molecular complexity index is 1100. The highest BCUT2D eigenvalue weighted by molar-refractivity contribution is 7.92. The van der Waals surface area contributed by atoms with Crippen LogP contribution >= 0.6 is 11.6 Å². The summed E-state index contributed by atoms with van der Waals surface area (Å²) in [7, 11) is -3.77. The molecule has 0 aliphatic heterocycles. The number of hydrogen-bond acceptors (Lipinski definition) is 4. The van der Waals surface area contributed by atoms with E-state index >= 15 is 0 Å². The quantitative estimate of drug-likeness (QED) is 0.597. The number of carbonyl (C=O) groups excluding carboxylic acids is 1. The number of benzene rings is 3. The molecular weight excluding hydrogens is 412 g/mol.